The molecule has 0 saturated carbocycles. The van der Waals surface area contributed by atoms with Gasteiger partial charge in [-0.2, -0.15) is 0 Å². The van der Waals surface area contributed by atoms with E-state index in [1.807, 2.05) is 6.61 Å². The molecular formula is C6H11O. The first-order valence-electron chi connectivity index (χ1n) is 2.93. The first-order chi connectivity index (χ1) is 3.50. The Labute approximate surface area is 44.7 Å². The minimum absolute atomic E-state index is 0.944. The fraction of sp³-hybridized carbons (Fsp3) is 0.833. The minimum atomic E-state index is 0.944. The van der Waals surface area contributed by atoms with Crippen LogP contribution in [0.3, 0.4) is 0 Å². The Bertz CT molecular complexity index is 23.8. The summed E-state index contributed by atoms with van der Waals surface area (Å²) in [5.41, 5.74) is 0. The van der Waals surface area contributed by atoms with E-state index in [4.69, 9.17) is 4.74 Å². The van der Waals surface area contributed by atoms with Gasteiger partial charge in [-0.1, -0.05) is 12.8 Å². The van der Waals surface area contributed by atoms with E-state index in [9.17, 15) is 0 Å². The van der Waals surface area contributed by atoms with E-state index in [1.165, 1.54) is 19.3 Å². The van der Waals surface area contributed by atoms with Crippen LogP contribution in [0.15, 0.2) is 0 Å². The quantitative estimate of drug-likeness (QED) is 0.449. The molecule has 0 aliphatic carbocycles. The summed E-state index contributed by atoms with van der Waals surface area (Å²) in [5.74, 6) is 0. The molecule has 0 aromatic heterocycles. The van der Waals surface area contributed by atoms with Gasteiger partial charge in [0.2, 0.25) is 0 Å². The maximum absolute atomic E-state index is 5.07. The molecule has 0 atom stereocenters. The van der Waals surface area contributed by atoms with Crippen molar-refractivity contribution in [1.82, 2.24) is 0 Å². The SMILES string of the molecule is [CH]1CCCCCO1. The van der Waals surface area contributed by atoms with E-state index in [0.29, 0.717) is 0 Å². The summed E-state index contributed by atoms with van der Waals surface area (Å²) in [7, 11) is 0. The molecule has 1 radical (unpaired) electrons. The first kappa shape index (κ1) is 5.10. The number of hydrogen-bond donors (Lipinski definition) is 0. The molecule has 0 unspecified atom stereocenters. The van der Waals surface area contributed by atoms with Gasteiger partial charge in [0, 0.05) is 6.61 Å². The molecule has 1 saturated heterocycles. The molecule has 1 rings (SSSR count). The fourth-order valence-corrected chi connectivity index (χ4v) is 0.757. The number of hydrogen-bond acceptors (Lipinski definition) is 1. The highest BCUT2D eigenvalue weighted by Gasteiger charge is 1.95. The monoisotopic (exact) mass is 99.1 g/mol. The van der Waals surface area contributed by atoms with Crippen LogP contribution in [-0.2, 0) is 4.74 Å². The van der Waals surface area contributed by atoms with Crippen molar-refractivity contribution >= 4 is 0 Å². The Morgan fingerprint density at radius 1 is 1.14 bits per heavy atom. The second kappa shape index (κ2) is 3.03. The molecule has 41 valence electrons. The standard InChI is InChI=1S/C6H11O/c1-2-4-6-7-5-3-1/h5H,1-4,6H2. The minimum Gasteiger partial charge on any atom is -0.376 e. The molecule has 1 nitrogen and oxygen atoms in total. The van der Waals surface area contributed by atoms with Crippen LogP contribution in [0.25, 0.3) is 0 Å². The topological polar surface area (TPSA) is 9.23 Å². The highest BCUT2D eigenvalue weighted by atomic mass is 16.5. The van der Waals surface area contributed by atoms with Crippen LogP contribution in [0, 0.1) is 6.61 Å². The van der Waals surface area contributed by atoms with Gasteiger partial charge >= 0.3 is 0 Å². The second-order valence-electron chi connectivity index (χ2n) is 1.89. The van der Waals surface area contributed by atoms with Crippen LogP contribution in [0.4, 0.5) is 0 Å². The van der Waals surface area contributed by atoms with E-state index >= 15 is 0 Å². The molecule has 0 spiro atoms. The van der Waals surface area contributed by atoms with Gasteiger partial charge in [-0.3, -0.25) is 0 Å². The summed E-state index contributed by atoms with van der Waals surface area (Å²) in [6.07, 6.45) is 5.06. The lowest BCUT2D eigenvalue weighted by Crippen LogP contribution is -1.83. The molecule has 0 N–H and O–H groups in total. The van der Waals surface area contributed by atoms with Gasteiger partial charge < -0.3 is 4.74 Å². The molecule has 0 amide bonds. The van der Waals surface area contributed by atoms with Crippen molar-refractivity contribution in [2.45, 2.75) is 25.7 Å². The predicted molar refractivity (Wildman–Crippen MR) is 28.7 cm³/mol. The zero-order valence-corrected chi connectivity index (χ0v) is 4.52. The maximum Gasteiger partial charge on any atom is 0.0836 e. The zero-order chi connectivity index (χ0) is 4.95. The van der Waals surface area contributed by atoms with Crippen LogP contribution in [0.1, 0.15) is 25.7 Å². The van der Waals surface area contributed by atoms with Crippen molar-refractivity contribution in [3.8, 4) is 0 Å². The summed E-state index contributed by atoms with van der Waals surface area (Å²) < 4.78 is 5.07. The van der Waals surface area contributed by atoms with Gasteiger partial charge in [0.1, 0.15) is 0 Å². The lowest BCUT2D eigenvalue weighted by atomic mass is 10.2. The summed E-state index contributed by atoms with van der Waals surface area (Å²) in [6.45, 7) is 2.87. The third-order valence-electron chi connectivity index (χ3n) is 1.20. The lowest BCUT2D eigenvalue weighted by molar-refractivity contribution is 0.203. The van der Waals surface area contributed by atoms with Crippen LogP contribution >= 0.6 is 0 Å². The van der Waals surface area contributed by atoms with E-state index in [1.54, 1.807) is 0 Å². The number of rotatable bonds is 0. The molecule has 7 heavy (non-hydrogen) atoms. The Morgan fingerprint density at radius 2 is 2.14 bits per heavy atom. The Hall–Kier alpha value is -0.0400. The van der Waals surface area contributed by atoms with Crippen molar-refractivity contribution in [3.05, 3.63) is 6.61 Å². The van der Waals surface area contributed by atoms with Crippen LogP contribution in [0.5, 0.6) is 0 Å². The van der Waals surface area contributed by atoms with Crippen molar-refractivity contribution in [2.24, 2.45) is 0 Å². The summed E-state index contributed by atoms with van der Waals surface area (Å²) in [6, 6.07) is 0. The third kappa shape index (κ3) is 1.93. The Kier molecular flexibility index (Phi) is 2.21. The predicted octanol–water partition coefficient (Wildman–Crippen LogP) is 1.74. The molecule has 1 heteroatoms. The average molecular weight is 99.2 g/mol. The molecule has 0 bridgehead atoms. The Balaban J connectivity index is 2.04. The van der Waals surface area contributed by atoms with Crippen LogP contribution in [-0.4, -0.2) is 6.61 Å². The van der Waals surface area contributed by atoms with E-state index in [0.717, 1.165) is 13.0 Å². The van der Waals surface area contributed by atoms with Crippen LogP contribution in [0.2, 0.25) is 0 Å². The molecule has 1 aliphatic heterocycles. The van der Waals surface area contributed by atoms with Crippen molar-refractivity contribution in [3.63, 3.8) is 0 Å². The maximum atomic E-state index is 5.07. The number of ether oxygens (including phenoxy) is 1. The zero-order valence-electron chi connectivity index (χ0n) is 4.52. The van der Waals surface area contributed by atoms with E-state index in [-0.39, 0.29) is 0 Å². The second-order valence-corrected chi connectivity index (χ2v) is 1.89. The molecule has 0 aromatic carbocycles. The lowest BCUT2D eigenvalue weighted by Gasteiger charge is -1.90. The van der Waals surface area contributed by atoms with Crippen molar-refractivity contribution in [1.29, 1.82) is 0 Å². The van der Waals surface area contributed by atoms with Crippen LogP contribution < -0.4 is 0 Å². The Morgan fingerprint density at radius 3 is 3.14 bits per heavy atom. The average Bonchev–Trinajstić information content (AvgIpc) is 1.90. The van der Waals surface area contributed by atoms with Crippen molar-refractivity contribution in [2.75, 3.05) is 6.61 Å². The highest BCUT2D eigenvalue weighted by Crippen LogP contribution is 2.07. The van der Waals surface area contributed by atoms with Gasteiger partial charge in [0.25, 0.3) is 0 Å². The van der Waals surface area contributed by atoms with E-state index < -0.39 is 0 Å². The molecule has 1 aliphatic rings. The van der Waals surface area contributed by atoms with E-state index in [2.05, 4.69) is 0 Å². The summed E-state index contributed by atoms with van der Waals surface area (Å²) in [5, 5.41) is 0. The summed E-state index contributed by atoms with van der Waals surface area (Å²) >= 11 is 0. The third-order valence-corrected chi connectivity index (χ3v) is 1.20. The first-order valence-corrected chi connectivity index (χ1v) is 2.93. The smallest absolute Gasteiger partial charge is 0.0836 e. The molecule has 1 fully saturated rings. The molecule has 0 aromatic rings. The van der Waals surface area contributed by atoms with Gasteiger partial charge in [-0.05, 0) is 12.8 Å². The molecule has 1 heterocycles. The van der Waals surface area contributed by atoms with Gasteiger partial charge in [0.15, 0.2) is 0 Å². The fourth-order valence-electron chi connectivity index (χ4n) is 0.757. The van der Waals surface area contributed by atoms with Gasteiger partial charge in [-0.25, -0.2) is 0 Å². The highest BCUT2D eigenvalue weighted by molar-refractivity contribution is 4.55. The van der Waals surface area contributed by atoms with Crippen molar-refractivity contribution < 1.29 is 4.74 Å². The van der Waals surface area contributed by atoms with Gasteiger partial charge in [-0.15, -0.1) is 0 Å². The van der Waals surface area contributed by atoms with Gasteiger partial charge in [0.05, 0.1) is 6.61 Å². The normalized spacial score (nSPS) is 24.0. The molecular weight excluding hydrogens is 88.1 g/mol. The largest absolute Gasteiger partial charge is 0.376 e. The summed E-state index contributed by atoms with van der Waals surface area (Å²) in [4.78, 5) is 0.